The standard InChI is InChI=1S/C11H16O/c12-9-3-4-10-7-1-2-8(5-7)11(10)6-9/h7-9,12H,1-6H2/t7-,8-,9-/m1/s1. The molecule has 1 fully saturated rings. The van der Waals surface area contributed by atoms with E-state index < -0.39 is 0 Å². The molecule has 0 heterocycles. The molecule has 12 heavy (non-hydrogen) atoms. The van der Waals surface area contributed by atoms with E-state index in [1.54, 1.807) is 11.1 Å². The van der Waals surface area contributed by atoms with Crippen molar-refractivity contribution in [3.05, 3.63) is 11.1 Å². The van der Waals surface area contributed by atoms with Crippen molar-refractivity contribution in [2.24, 2.45) is 11.8 Å². The lowest BCUT2D eigenvalue weighted by Crippen LogP contribution is -2.18. The Morgan fingerprint density at radius 3 is 2.58 bits per heavy atom. The van der Waals surface area contributed by atoms with Crippen LogP contribution in [0.1, 0.15) is 38.5 Å². The topological polar surface area (TPSA) is 20.2 Å². The first kappa shape index (κ1) is 7.14. The average molecular weight is 164 g/mol. The van der Waals surface area contributed by atoms with E-state index in [-0.39, 0.29) is 6.10 Å². The Bertz CT molecular complexity index is 241. The van der Waals surface area contributed by atoms with Crippen LogP contribution in [0.2, 0.25) is 0 Å². The summed E-state index contributed by atoms with van der Waals surface area (Å²) >= 11 is 0. The Morgan fingerprint density at radius 2 is 1.75 bits per heavy atom. The Labute approximate surface area is 73.5 Å². The van der Waals surface area contributed by atoms with Gasteiger partial charge in [0.15, 0.2) is 0 Å². The fourth-order valence-electron chi connectivity index (χ4n) is 3.48. The SMILES string of the molecule is O[C@@H]1CCC2=C(C1)[C@@H]1CC[C@@H]2C1. The van der Waals surface area contributed by atoms with Crippen molar-refractivity contribution >= 4 is 0 Å². The maximum atomic E-state index is 9.55. The van der Waals surface area contributed by atoms with Gasteiger partial charge in [0.2, 0.25) is 0 Å². The molecule has 1 nitrogen and oxygen atoms in total. The zero-order chi connectivity index (χ0) is 8.13. The summed E-state index contributed by atoms with van der Waals surface area (Å²) in [6, 6.07) is 0. The highest BCUT2D eigenvalue weighted by molar-refractivity contribution is 5.31. The van der Waals surface area contributed by atoms with E-state index in [0.717, 1.165) is 24.7 Å². The first-order valence-corrected chi connectivity index (χ1v) is 5.24. The molecule has 0 radical (unpaired) electrons. The lowest BCUT2D eigenvalue weighted by molar-refractivity contribution is 0.154. The number of hydrogen-bond donors (Lipinski definition) is 1. The minimum Gasteiger partial charge on any atom is -0.393 e. The van der Waals surface area contributed by atoms with Crippen LogP contribution in [0.3, 0.4) is 0 Å². The summed E-state index contributed by atoms with van der Waals surface area (Å²) < 4.78 is 0. The molecule has 0 spiro atoms. The van der Waals surface area contributed by atoms with Crippen molar-refractivity contribution in [2.45, 2.75) is 44.6 Å². The summed E-state index contributed by atoms with van der Waals surface area (Å²) in [6.07, 6.45) is 7.52. The Balaban J connectivity index is 1.95. The monoisotopic (exact) mass is 164 g/mol. The van der Waals surface area contributed by atoms with Gasteiger partial charge >= 0.3 is 0 Å². The number of rotatable bonds is 0. The van der Waals surface area contributed by atoms with E-state index >= 15 is 0 Å². The van der Waals surface area contributed by atoms with Gasteiger partial charge in [-0.1, -0.05) is 11.1 Å². The summed E-state index contributed by atoms with van der Waals surface area (Å²) in [5.74, 6) is 1.83. The molecule has 0 saturated heterocycles. The molecule has 0 aliphatic heterocycles. The van der Waals surface area contributed by atoms with Gasteiger partial charge in [0.05, 0.1) is 6.10 Å². The summed E-state index contributed by atoms with van der Waals surface area (Å²) in [5, 5.41) is 9.55. The molecule has 3 aliphatic rings. The minimum absolute atomic E-state index is 0.0110. The number of fused-ring (bicyclic) bond motifs is 4. The summed E-state index contributed by atoms with van der Waals surface area (Å²) in [5.41, 5.74) is 3.43. The molecule has 3 rings (SSSR count). The van der Waals surface area contributed by atoms with Crippen molar-refractivity contribution in [2.75, 3.05) is 0 Å². The second-order valence-corrected chi connectivity index (χ2v) is 4.65. The predicted octanol–water partition coefficient (Wildman–Crippen LogP) is 2.26. The molecule has 0 aromatic rings. The average Bonchev–Trinajstić information content (AvgIpc) is 2.63. The van der Waals surface area contributed by atoms with E-state index in [2.05, 4.69) is 0 Å². The van der Waals surface area contributed by atoms with E-state index in [1.807, 2.05) is 0 Å². The van der Waals surface area contributed by atoms with E-state index in [0.29, 0.717) is 0 Å². The van der Waals surface area contributed by atoms with Gasteiger partial charge in [-0.25, -0.2) is 0 Å². The number of allylic oxidation sites excluding steroid dienone is 1. The molecular formula is C11H16O. The van der Waals surface area contributed by atoms with Crippen LogP contribution in [-0.2, 0) is 0 Å². The summed E-state index contributed by atoms with van der Waals surface area (Å²) in [7, 11) is 0. The Kier molecular flexibility index (Phi) is 1.40. The van der Waals surface area contributed by atoms with Crippen LogP contribution in [0, 0.1) is 11.8 Å². The van der Waals surface area contributed by atoms with Gasteiger partial charge in [-0.2, -0.15) is 0 Å². The van der Waals surface area contributed by atoms with Crippen LogP contribution in [0.25, 0.3) is 0 Å². The van der Waals surface area contributed by atoms with Crippen molar-refractivity contribution in [1.29, 1.82) is 0 Å². The number of aliphatic hydroxyl groups is 1. The Hall–Kier alpha value is -0.300. The van der Waals surface area contributed by atoms with Crippen molar-refractivity contribution in [1.82, 2.24) is 0 Å². The molecule has 3 aliphatic carbocycles. The third-order valence-corrected chi connectivity index (χ3v) is 4.03. The van der Waals surface area contributed by atoms with Gasteiger partial charge in [0.1, 0.15) is 0 Å². The number of aliphatic hydroxyl groups excluding tert-OH is 1. The highest BCUT2D eigenvalue weighted by atomic mass is 16.3. The van der Waals surface area contributed by atoms with Crippen LogP contribution in [0.5, 0.6) is 0 Å². The fraction of sp³-hybridized carbons (Fsp3) is 0.818. The van der Waals surface area contributed by atoms with E-state index in [1.165, 1.54) is 25.7 Å². The molecule has 1 heteroatoms. The van der Waals surface area contributed by atoms with Gasteiger partial charge in [0, 0.05) is 0 Å². The van der Waals surface area contributed by atoms with Crippen molar-refractivity contribution in [3.8, 4) is 0 Å². The van der Waals surface area contributed by atoms with Crippen LogP contribution >= 0.6 is 0 Å². The van der Waals surface area contributed by atoms with Crippen LogP contribution < -0.4 is 0 Å². The highest BCUT2D eigenvalue weighted by Gasteiger charge is 2.40. The van der Waals surface area contributed by atoms with Gasteiger partial charge < -0.3 is 5.11 Å². The van der Waals surface area contributed by atoms with Gasteiger partial charge in [-0.3, -0.25) is 0 Å². The smallest absolute Gasteiger partial charge is 0.0580 e. The molecule has 0 aromatic carbocycles. The van der Waals surface area contributed by atoms with Crippen molar-refractivity contribution in [3.63, 3.8) is 0 Å². The largest absolute Gasteiger partial charge is 0.393 e. The van der Waals surface area contributed by atoms with Crippen LogP contribution in [-0.4, -0.2) is 11.2 Å². The first-order valence-electron chi connectivity index (χ1n) is 5.24. The predicted molar refractivity (Wildman–Crippen MR) is 47.7 cm³/mol. The normalized spacial score (nSPS) is 45.2. The zero-order valence-electron chi connectivity index (χ0n) is 7.42. The van der Waals surface area contributed by atoms with Crippen LogP contribution in [0.4, 0.5) is 0 Å². The molecular weight excluding hydrogens is 148 g/mol. The third-order valence-electron chi connectivity index (χ3n) is 4.03. The van der Waals surface area contributed by atoms with Gasteiger partial charge in [0.25, 0.3) is 0 Å². The maximum Gasteiger partial charge on any atom is 0.0580 e. The quantitative estimate of drug-likeness (QED) is 0.544. The highest BCUT2D eigenvalue weighted by Crippen LogP contribution is 2.53. The first-order chi connectivity index (χ1) is 5.84. The molecule has 0 unspecified atom stereocenters. The summed E-state index contributed by atoms with van der Waals surface area (Å²) in [6.45, 7) is 0. The van der Waals surface area contributed by atoms with E-state index in [9.17, 15) is 5.11 Å². The lowest BCUT2D eigenvalue weighted by Gasteiger charge is -2.27. The molecule has 1 N–H and O–H groups in total. The molecule has 66 valence electrons. The molecule has 2 bridgehead atoms. The second kappa shape index (κ2) is 2.35. The maximum absolute atomic E-state index is 9.55. The minimum atomic E-state index is -0.0110. The van der Waals surface area contributed by atoms with Gasteiger partial charge in [-0.05, 0) is 50.4 Å². The molecule has 0 aromatic heterocycles. The molecule has 1 saturated carbocycles. The van der Waals surface area contributed by atoms with Gasteiger partial charge in [-0.15, -0.1) is 0 Å². The van der Waals surface area contributed by atoms with Crippen LogP contribution in [0.15, 0.2) is 11.1 Å². The Morgan fingerprint density at radius 1 is 1.00 bits per heavy atom. The lowest BCUT2D eigenvalue weighted by atomic mass is 9.81. The third kappa shape index (κ3) is 0.832. The summed E-state index contributed by atoms with van der Waals surface area (Å²) in [4.78, 5) is 0. The molecule has 3 atom stereocenters. The zero-order valence-corrected chi connectivity index (χ0v) is 7.42. The second-order valence-electron chi connectivity index (χ2n) is 4.65. The van der Waals surface area contributed by atoms with Crippen molar-refractivity contribution < 1.29 is 5.11 Å². The van der Waals surface area contributed by atoms with E-state index in [4.69, 9.17) is 0 Å². The fourth-order valence-corrected chi connectivity index (χ4v) is 3.48. The number of hydrogen-bond acceptors (Lipinski definition) is 1. The molecule has 0 amide bonds.